The molecule has 2 aromatic rings. The number of aromatic nitrogens is 1. The molecular formula is C23H24N6O4. The molecule has 0 bridgehead atoms. The van der Waals surface area contributed by atoms with E-state index in [0.29, 0.717) is 23.5 Å². The Morgan fingerprint density at radius 3 is 2.42 bits per heavy atom. The van der Waals surface area contributed by atoms with Gasteiger partial charge in [0.15, 0.2) is 0 Å². The van der Waals surface area contributed by atoms with Crippen molar-refractivity contribution in [3.63, 3.8) is 0 Å². The molecule has 33 heavy (non-hydrogen) atoms. The number of anilines is 2. The van der Waals surface area contributed by atoms with Crippen molar-refractivity contribution in [2.75, 3.05) is 36.8 Å². The quantitative estimate of drug-likeness (QED) is 0.643. The first-order chi connectivity index (χ1) is 15.9. The molecule has 10 nitrogen and oxygen atoms in total. The monoisotopic (exact) mass is 448 g/mol. The van der Waals surface area contributed by atoms with Crippen molar-refractivity contribution in [1.29, 1.82) is 0 Å². The average Bonchev–Trinajstić information content (AvgIpc) is 3.05. The lowest BCUT2D eigenvalue weighted by Gasteiger charge is -2.36. The topological polar surface area (TPSA) is 129 Å². The van der Waals surface area contributed by atoms with E-state index in [1.54, 1.807) is 24.4 Å². The molecule has 0 aliphatic carbocycles. The van der Waals surface area contributed by atoms with Crippen molar-refractivity contribution in [2.45, 2.75) is 25.4 Å². The first-order valence-corrected chi connectivity index (χ1v) is 10.9. The number of rotatable bonds is 4. The summed E-state index contributed by atoms with van der Waals surface area (Å²) in [6, 6.07) is 8.08. The van der Waals surface area contributed by atoms with Gasteiger partial charge in [0.1, 0.15) is 11.9 Å². The van der Waals surface area contributed by atoms with Crippen molar-refractivity contribution < 1.29 is 19.2 Å². The molecule has 2 fully saturated rings. The van der Waals surface area contributed by atoms with E-state index in [4.69, 9.17) is 5.73 Å². The van der Waals surface area contributed by atoms with Gasteiger partial charge in [0.25, 0.3) is 11.8 Å². The van der Waals surface area contributed by atoms with Crippen LogP contribution in [-0.2, 0) is 16.1 Å². The number of nitrogen functional groups attached to an aromatic ring is 1. The van der Waals surface area contributed by atoms with Crippen molar-refractivity contribution >= 4 is 35.1 Å². The molecule has 1 unspecified atom stereocenters. The summed E-state index contributed by atoms with van der Waals surface area (Å²) in [5.74, 6) is -1.45. The van der Waals surface area contributed by atoms with E-state index in [-0.39, 0.29) is 18.7 Å². The number of hydrogen-bond acceptors (Lipinski definition) is 8. The maximum Gasteiger partial charge on any atom is 0.262 e. The van der Waals surface area contributed by atoms with Crippen LogP contribution in [0.15, 0.2) is 36.5 Å². The molecule has 4 heterocycles. The second-order valence-electron chi connectivity index (χ2n) is 8.53. The van der Waals surface area contributed by atoms with Gasteiger partial charge >= 0.3 is 0 Å². The largest absolute Gasteiger partial charge is 0.384 e. The van der Waals surface area contributed by atoms with Gasteiger partial charge in [-0.05, 0) is 36.2 Å². The third-order valence-corrected chi connectivity index (χ3v) is 6.42. The van der Waals surface area contributed by atoms with E-state index in [1.165, 1.54) is 0 Å². The third-order valence-electron chi connectivity index (χ3n) is 6.42. The summed E-state index contributed by atoms with van der Waals surface area (Å²) >= 11 is 0. The van der Waals surface area contributed by atoms with Crippen LogP contribution in [0.25, 0.3) is 0 Å². The lowest BCUT2D eigenvalue weighted by Crippen LogP contribution is -2.54. The highest BCUT2D eigenvalue weighted by molar-refractivity contribution is 6.23. The van der Waals surface area contributed by atoms with Gasteiger partial charge in [-0.2, -0.15) is 0 Å². The molecule has 0 spiro atoms. The number of carbonyl (C=O) groups is 4. The van der Waals surface area contributed by atoms with E-state index < -0.39 is 23.8 Å². The number of nitrogens with one attached hydrogen (secondary N) is 1. The number of fused-ring (bicyclic) bond motifs is 1. The lowest BCUT2D eigenvalue weighted by atomic mass is 10.0. The highest BCUT2D eigenvalue weighted by atomic mass is 16.2. The average molecular weight is 448 g/mol. The van der Waals surface area contributed by atoms with E-state index >= 15 is 0 Å². The number of carbonyl (C=O) groups excluding carboxylic acids is 4. The molecule has 3 aliphatic heterocycles. The number of nitrogens with two attached hydrogens (primary N) is 1. The molecule has 1 aromatic heterocycles. The Hall–Kier alpha value is -3.79. The first-order valence-electron chi connectivity index (χ1n) is 10.9. The SMILES string of the molecule is Nc1ccc(N2CCN(Cc3ccc4c(c3)C(=O)N(C3CCC(=O)NC3=O)C4=O)CC2)cn1. The number of benzene rings is 1. The van der Waals surface area contributed by atoms with Gasteiger partial charge in [0, 0.05) is 39.1 Å². The Labute approximate surface area is 190 Å². The number of piperazine rings is 1. The van der Waals surface area contributed by atoms with E-state index in [0.717, 1.165) is 42.3 Å². The number of pyridine rings is 1. The normalized spacial score (nSPS) is 21.4. The second kappa shape index (κ2) is 8.28. The molecule has 2 saturated heterocycles. The van der Waals surface area contributed by atoms with Crippen LogP contribution >= 0.6 is 0 Å². The maximum absolute atomic E-state index is 13.0. The van der Waals surface area contributed by atoms with Gasteiger partial charge < -0.3 is 10.6 Å². The number of nitrogens with zero attached hydrogens (tertiary/aromatic N) is 4. The Bertz CT molecular complexity index is 1140. The van der Waals surface area contributed by atoms with Crippen molar-refractivity contribution in [3.8, 4) is 0 Å². The molecule has 5 rings (SSSR count). The number of hydrogen-bond donors (Lipinski definition) is 2. The molecule has 4 amide bonds. The van der Waals surface area contributed by atoms with E-state index in [1.807, 2.05) is 12.1 Å². The summed E-state index contributed by atoms with van der Waals surface area (Å²) in [4.78, 5) is 59.2. The van der Waals surface area contributed by atoms with Gasteiger partial charge in [-0.3, -0.25) is 34.3 Å². The zero-order valence-electron chi connectivity index (χ0n) is 18.0. The standard InChI is InChI=1S/C23H24N6O4/c24-19-5-2-15(12-25-19)28-9-7-27(8-10-28)13-14-1-3-16-17(11-14)23(33)29(22(16)32)18-4-6-20(30)26-21(18)31/h1-3,5,11-12,18H,4,6-10,13H2,(H2,24,25)(H,26,30,31). The van der Waals surface area contributed by atoms with Gasteiger partial charge in [-0.1, -0.05) is 6.07 Å². The summed E-state index contributed by atoms with van der Waals surface area (Å²) in [5.41, 5.74) is 8.25. The van der Waals surface area contributed by atoms with Gasteiger partial charge in [0.05, 0.1) is 23.0 Å². The molecule has 3 N–H and O–H groups in total. The highest BCUT2D eigenvalue weighted by Gasteiger charge is 2.44. The van der Waals surface area contributed by atoms with Crippen LogP contribution in [0.4, 0.5) is 11.5 Å². The minimum absolute atomic E-state index is 0.105. The fourth-order valence-corrected chi connectivity index (χ4v) is 4.62. The highest BCUT2D eigenvalue weighted by Crippen LogP contribution is 2.29. The lowest BCUT2D eigenvalue weighted by molar-refractivity contribution is -0.136. The van der Waals surface area contributed by atoms with Crippen LogP contribution in [-0.4, -0.2) is 70.6 Å². The molecule has 0 saturated carbocycles. The van der Waals surface area contributed by atoms with Gasteiger partial charge in [-0.25, -0.2) is 4.98 Å². The predicted octanol–water partition coefficient (Wildman–Crippen LogP) is 0.387. The zero-order chi connectivity index (χ0) is 23.1. The van der Waals surface area contributed by atoms with Crippen molar-refractivity contribution in [1.82, 2.24) is 20.1 Å². The Morgan fingerprint density at radius 1 is 0.970 bits per heavy atom. The predicted molar refractivity (Wildman–Crippen MR) is 119 cm³/mol. The Morgan fingerprint density at radius 2 is 1.73 bits per heavy atom. The Kier molecular flexibility index (Phi) is 5.29. The summed E-state index contributed by atoms with van der Waals surface area (Å²) in [5, 5.41) is 2.21. The van der Waals surface area contributed by atoms with Crippen LogP contribution in [0.5, 0.6) is 0 Å². The minimum Gasteiger partial charge on any atom is -0.384 e. The number of imide groups is 2. The summed E-state index contributed by atoms with van der Waals surface area (Å²) in [7, 11) is 0. The summed E-state index contributed by atoms with van der Waals surface area (Å²) in [6.45, 7) is 4.03. The van der Waals surface area contributed by atoms with Crippen LogP contribution in [0.2, 0.25) is 0 Å². The van der Waals surface area contributed by atoms with Gasteiger partial charge in [0.2, 0.25) is 11.8 Å². The molecule has 170 valence electrons. The van der Waals surface area contributed by atoms with Crippen LogP contribution in [0.1, 0.15) is 39.1 Å². The van der Waals surface area contributed by atoms with Crippen LogP contribution in [0, 0.1) is 0 Å². The molecule has 0 radical (unpaired) electrons. The third kappa shape index (κ3) is 3.93. The zero-order valence-corrected chi connectivity index (χ0v) is 18.0. The number of amides is 4. The number of piperidine rings is 1. The summed E-state index contributed by atoms with van der Waals surface area (Å²) < 4.78 is 0. The fraction of sp³-hybridized carbons (Fsp3) is 0.348. The van der Waals surface area contributed by atoms with E-state index in [2.05, 4.69) is 20.1 Å². The van der Waals surface area contributed by atoms with Crippen LogP contribution < -0.4 is 16.0 Å². The fourth-order valence-electron chi connectivity index (χ4n) is 4.62. The van der Waals surface area contributed by atoms with Crippen molar-refractivity contribution in [2.24, 2.45) is 0 Å². The Balaban J connectivity index is 1.25. The summed E-state index contributed by atoms with van der Waals surface area (Å²) in [6.07, 6.45) is 2.03. The maximum atomic E-state index is 13.0. The molecule has 3 aliphatic rings. The van der Waals surface area contributed by atoms with Crippen molar-refractivity contribution in [3.05, 3.63) is 53.2 Å². The van der Waals surface area contributed by atoms with Crippen LogP contribution in [0.3, 0.4) is 0 Å². The minimum atomic E-state index is -0.950. The molecule has 1 aromatic carbocycles. The van der Waals surface area contributed by atoms with E-state index in [9.17, 15) is 19.2 Å². The molecule has 10 heteroatoms. The second-order valence-corrected chi connectivity index (χ2v) is 8.53. The van der Waals surface area contributed by atoms with Gasteiger partial charge in [-0.15, -0.1) is 0 Å². The molecular weight excluding hydrogens is 424 g/mol. The molecule has 1 atom stereocenters. The smallest absolute Gasteiger partial charge is 0.262 e. The first kappa shape index (κ1) is 21.1.